The molecule has 0 atom stereocenters. The first-order valence-corrected chi connectivity index (χ1v) is 13.5. The minimum atomic E-state index is -1.46. The summed E-state index contributed by atoms with van der Waals surface area (Å²) in [6.07, 6.45) is 0. The fourth-order valence-electron chi connectivity index (χ4n) is 3.87. The average Bonchev–Trinajstić information content (AvgIpc) is 3.04. The minimum Gasteiger partial charge on any atom is -0.506 e. The van der Waals surface area contributed by atoms with Crippen LogP contribution in [0.3, 0.4) is 0 Å². The van der Waals surface area contributed by atoms with Crippen LogP contribution < -0.4 is 63.9 Å². The Morgan fingerprint density at radius 3 is 1.76 bits per heavy atom. The summed E-state index contributed by atoms with van der Waals surface area (Å²) in [6, 6.07) is 6.60. The van der Waals surface area contributed by atoms with Crippen molar-refractivity contribution < 1.29 is 83.6 Å². The Labute approximate surface area is 297 Å². The number of phenols is 2. The van der Waals surface area contributed by atoms with Gasteiger partial charge in [0.15, 0.2) is 17.1 Å². The zero-order chi connectivity index (χ0) is 22.4. The molecule has 0 saturated carbocycles. The third-order valence-corrected chi connectivity index (χ3v) is 9.44. The Balaban J connectivity index is 0.00000153. The second-order valence-corrected chi connectivity index (χ2v) is 12.0. The monoisotopic (exact) mass is 950 g/mol. The van der Waals surface area contributed by atoms with Crippen molar-refractivity contribution in [3.05, 3.63) is 70.8 Å². The van der Waals surface area contributed by atoms with Crippen molar-refractivity contribution in [1.29, 1.82) is 0 Å². The average molecular weight is 951 g/mol. The van der Waals surface area contributed by atoms with Crippen LogP contribution in [-0.4, -0.2) is 16.2 Å². The van der Waals surface area contributed by atoms with Crippen molar-refractivity contribution in [1.82, 2.24) is 0 Å². The van der Waals surface area contributed by atoms with Crippen molar-refractivity contribution in [2.24, 2.45) is 0 Å². The summed E-state index contributed by atoms with van der Waals surface area (Å²) in [4.78, 5) is 13.1. The normalized spacial score (nSPS) is 14.3. The molecule has 0 aliphatic carbocycles. The fraction of sp³-hybridized carbons (Fsp3) is 0.0500. The van der Waals surface area contributed by atoms with E-state index in [0.717, 1.165) is 0 Å². The topological polar surface area (TPSA) is 76.0 Å². The number of carbonyl (C=O) groups is 1. The number of hydrogen-bond acceptors (Lipinski definition) is 5. The van der Waals surface area contributed by atoms with Crippen LogP contribution in [0, 0.1) is 14.3 Å². The standard InChI is InChI=1S/C20H6Cl2I4O5.2Na/c21-7-1-2-8(22)12-11(7)19(29)31-20(12)5-3-9(23)15(27)13(25)17(5)30-18-6(20)4-10(24)16(28)14(18)26;;/h1-4,27-28H;;/q;2*+1. The molecule has 5 nitrogen and oxygen atoms in total. The summed E-state index contributed by atoms with van der Waals surface area (Å²) < 4.78 is 14.3. The van der Waals surface area contributed by atoms with Gasteiger partial charge in [-0.3, -0.25) is 0 Å². The number of ether oxygens (including phenoxy) is 2. The summed E-state index contributed by atoms with van der Waals surface area (Å²) in [5.74, 6) is 0.120. The Kier molecular flexibility index (Phi) is 9.55. The molecule has 0 radical (unpaired) electrons. The molecule has 0 bridgehead atoms. The molecule has 2 N–H and O–H groups in total. The van der Waals surface area contributed by atoms with Crippen molar-refractivity contribution >= 4 is 120 Å². The van der Waals surface area contributed by atoms with Gasteiger partial charge in [-0.1, -0.05) is 23.2 Å². The third kappa shape index (κ3) is 4.31. The number of phenolic OH excluding ortho intramolecular Hbond substituents is 2. The number of fused-ring (bicyclic) bond motifs is 6. The van der Waals surface area contributed by atoms with Gasteiger partial charge in [-0.2, -0.15) is 0 Å². The van der Waals surface area contributed by atoms with E-state index in [1.54, 1.807) is 24.3 Å². The molecule has 1 spiro atoms. The Morgan fingerprint density at radius 1 is 0.818 bits per heavy atom. The molecule has 3 aromatic carbocycles. The van der Waals surface area contributed by atoms with Gasteiger partial charge in [0.1, 0.15) is 11.5 Å². The quantitative estimate of drug-likeness (QED) is 0.203. The molecule has 33 heavy (non-hydrogen) atoms. The maximum atomic E-state index is 13.1. The first kappa shape index (κ1) is 29.6. The van der Waals surface area contributed by atoms with Crippen molar-refractivity contribution in [3.63, 3.8) is 0 Å². The number of esters is 1. The third-order valence-electron chi connectivity index (χ3n) is 5.17. The van der Waals surface area contributed by atoms with Crippen molar-refractivity contribution in [2.45, 2.75) is 5.60 Å². The first-order valence-electron chi connectivity index (χ1n) is 8.42. The molecule has 2 heterocycles. The van der Waals surface area contributed by atoms with Crippen LogP contribution in [0.2, 0.25) is 10.0 Å². The fourth-order valence-corrected chi connectivity index (χ4v) is 7.97. The molecule has 158 valence electrons. The molecule has 2 aliphatic heterocycles. The zero-order valence-corrected chi connectivity index (χ0v) is 30.8. The maximum absolute atomic E-state index is 13.1. The van der Waals surface area contributed by atoms with E-state index in [9.17, 15) is 15.0 Å². The maximum Gasteiger partial charge on any atom is 1.00 e. The molecule has 0 saturated heterocycles. The second-order valence-electron chi connectivity index (χ2n) is 6.75. The number of carbonyl (C=O) groups excluding carboxylic acids is 1. The van der Waals surface area contributed by atoms with E-state index in [-0.39, 0.29) is 81.2 Å². The van der Waals surface area contributed by atoms with Crippen LogP contribution in [0.4, 0.5) is 0 Å². The van der Waals surface area contributed by atoms with Gasteiger partial charge in [-0.25, -0.2) is 4.79 Å². The Bertz CT molecular complexity index is 1310. The first-order chi connectivity index (χ1) is 14.6. The van der Waals surface area contributed by atoms with E-state index < -0.39 is 11.6 Å². The molecule has 0 amide bonds. The molecule has 2 aliphatic rings. The van der Waals surface area contributed by atoms with Crippen LogP contribution in [0.25, 0.3) is 0 Å². The number of halogens is 6. The van der Waals surface area contributed by atoms with Gasteiger partial charge in [-0.15, -0.1) is 0 Å². The second kappa shape index (κ2) is 10.7. The van der Waals surface area contributed by atoms with Gasteiger partial charge in [0, 0.05) is 10.6 Å². The molecular weight excluding hydrogens is 945 g/mol. The summed E-state index contributed by atoms with van der Waals surface area (Å²) in [5.41, 5.74) is 0.162. The summed E-state index contributed by atoms with van der Waals surface area (Å²) >= 11 is 21.0. The smallest absolute Gasteiger partial charge is 0.506 e. The van der Waals surface area contributed by atoms with Crippen molar-refractivity contribution in [2.75, 3.05) is 0 Å². The van der Waals surface area contributed by atoms with E-state index >= 15 is 0 Å². The molecule has 0 aromatic heterocycles. The molecule has 0 fully saturated rings. The molecule has 13 heteroatoms. The number of aromatic hydroxyl groups is 2. The van der Waals surface area contributed by atoms with Crippen LogP contribution in [0.5, 0.6) is 23.0 Å². The predicted molar refractivity (Wildman–Crippen MR) is 149 cm³/mol. The van der Waals surface area contributed by atoms with E-state index in [1.165, 1.54) is 0 Å². The van der Waals surface area contributed by atoms with E-state index in [0.29, 0.717) is 47.5 Å². The van der Waals surface area contributed by atoms with Gasteiger partial charge in [-0.05, 0) is 115 Å². The minimum absolute atomic E-state index is 0. The van der Waals surface area contributed by atoms with E-state index in [2.05, 4.69) is 0 Å². The molecule has 0 unspecified atom stereocenters. The predicted octanol–water partition coefficient (Wildman–Crippen LogP) is 1.40. The molecular formula is C20H6Cl2I4Na2O5+2. The number of hydrogen-bond donors (Lipinski definition) is 2. The van der Waals surface area contributed by atoms with Gasteiger partial charge >= 0.3 is 65.1 Å². The SMILES string of the molecule is O=C1OC2(c3cc(I)c(O)c(I)c3Oc3c2cc(I)c(O)c3I)c2c(Cl)ccc(Cl)c21.[Na+].[Na+]. The van der Waals surface area contributed by atoms with Crippen LogP contribution in [-0.2, 0) is 10.3 Å². The summed E-state index contributed by atoms with van der Waals surface area (Å²) in [5, 5.41) is 21.6. The zero-order valence-electron chi connectivity index (χ0n) is 16.7. The molecule has 5 rings (SSSR count). The van der Waals surface area contributed by atoms with Crippen molar-refractivity contribution in [3.8, 4) is 23.0 Å². The van der Waals surface area contributed by atoms with E-state index in [4.69, 9.17) is 32.7 Å². The van der Waals surface area contributed by atoms with E-state index in [1.807, 2.05) is 90.4 Å². The van der Waals surface area contributed by atoms with Gasteiger partial charge in [0.05, 0.1) is 36.0 Å². The van der Waals surface area contributed by atoms with Crippen LogP contribution in [0.1, 0.15) is 27.0 Å². The largest absolute Gasteiger partial charge is 1.00 e. The van der Waals surface area contributed by atoms with Gasteiger partial charge in [0.2, 0.25) is 0 Å². The number of rotatable bonds is 0. The van der Waals surface area contributed by atoms with Crippen LogP contribution >= 0.6 is 114 Å². The molecule has 3 aromatic rings. The van der Waals surface area contributed by atoms with Gasteiger partial charge in [0.25, 0.3) is 0 Å². The summed E-state index contributed by atoms with van der Waals surface area (Å²) in [6.45, 7) is 0. The Hall–Kier alpha value is 2.03. The van der Waals surface area contributed by atoms with Gasteiger partial charge < -0.3 is 19.7 Å². The van der Waals surface area contributed by atoms with Crippen LogP contribution in [0.15, 0.2) is 24.3 Å². The Morgan fingerprint density at radius 2 is 1.27 bits per heavy atom. The number of benzene rings is 3. The summed E-state index contributed by atoms with van der Waals surface area (Å²) in [7, 11) is 0.